The third kappa shape index (κ3) is 3.06. The molecule has 0 aromatic heterocycles. The van der Waals surface area contributed by atoms with Crippen LogP contribution in [0, 0.1) is 12.8 Å². The molecule has 5 heteroatoms. The summed E-state index contributed by atoms with van der Waals surface area (Å²) < 4.78 is 0. The monoisotopic (exact) mass is 323 g/mol. The predicted molar refractivity (Wildman–Crippen MR) is 88.9 cm³/mol. The molecule has 1 atom stereocenters. The van der Waals surface area contributed by atoms with Crippen molar-refractivity contribution in [3.8, 4) is 0 Å². The molecule has 122 valence electrons. The van der Waals surface area contributed by atoms with Gasteiger partial charge in [-0.3, -0.25) is 14.5 Å². The van der Waals surface area contributed by atoms with Gasteiger partial charge in [0.15, 0.2) is 0 Å². The van der Waals surface area contributed by atoms with Gasteiger partial charge in [-0.2, -0.15) is 0 Å². The van der Waals surface area contributed by atoms with Crippen molar-refractivity contribution in [3.05, 3.63) is 65.2 Å². The smallest absolute Gasteiger partial charge is 0.335 e. The second-order valence-electron chi connectivity index (χ2n) is 6.01. The first kappa shape index (κ1) is 15.9. The van der Waals surface area contributed by atoms with Gasteiger partial charge in [-0.25, -0.2) is 4.79 Å². The van der Waals surface area contributed by atoms with Gasteiger partial charge in [0.05, 0.1) is 17.2 Å². The summed E-state index contributed by atoms with van der Waals surface area (Å²) in [6.07, 6.45) is 0.696. The number of rotatable bonds is 4. The largest absolute Gasteiger partial charge is 0.478 e. The van der Waals surface area contributed by atoms with Gasteiger partial charge in [-0.05, 0) is 43.2 Å². The molecule has 1 aliphatic heterocycles. The highest BCUT2D eigenvalue weighted by atomic mass is 16.4. The number of carbonyl (C=O) groups excluding carboxylic acids is 2. The Labute approximate surface area is 139 Å². The van der Waals surface area contributed by atoms with Crippen LogP contribution < -0.4 is 4.90 Å². The Morgan fingerprint density at radius 2 is 1.71 bits per heavy atom. The Kier molecular flexibility index (Phi) is 4.16. The summed E-state index contributed by atoms with van der Waals surface area (Å²) in [4.78, 5) is 36.9. The molecule has 0 saturated carbocycles. The second-order valence-corrected chi connectivity index (χ2v) is 6.01. The predicted octanol–water partition coefficient (Wildman–Crippen LogP) is 2.82. The van der Waals surface area contributed by atoms with E-state index in [2.05, 4.69) is 0 Å². The lowest BCUT2D eigenvalue weighted by Crippen LogP contribution is -2.30. The number of aryl methyl sites for hydroxylation is 1. The van der Waals surface area contributed by atoms with Gasteiger partial charge in [0.2, 0.25) is 11.8 Å². The minimum atomic E-state index is -1.04. The molecule has 1 unspecified atom stereocenters. The molecule has 24 heavy (non-hydrogen) atoms. The van der Waals surface area contributed by atoms with E-state index in [1.165, 1.54) is 24.3 Å². The lowest BCUT2D eigenvalue weighted by atomic mass is 9.97. The van der Waals surface area contributed by atoms with Crippen molar-refractivity contribution in [1.29, 1.82) is 0 Å². The number of imide groups is 1. The van der Waals surface area contributed by atoms with Crippen molar-refractivity contribution in [3.63, 3.8) is 0 Å². The van der Waals surface area contributed by atoms with E-state index in [-0.39, 0.29) is 29.7 Å². The van der Waals surface area contributed by atoms with E-state index in [1.54, 1.807) is 0 Å². The van der Waals surface area contributed by atoms with Crippen molar-refractivity contribution in [2.45, 2.75) is 19.8 Å². The Morgan fingerprint density at radius 3 is 2.29 bits per heavy atom. The molecular formula is C19H17NO4. The zero-order valence-electron chi connectivity index (χ0n) is 13.2. The van der Waals surface area contributed by atoms with E-state index >= 15 is 0 Å². The highest BCUT2D eigenvalue weighted by molar-refractivity contribution is 6.21. The normalized spacial score (nSPS) is 17.4. The van der Waals surface area contributed by atoms with Crippen molar-refractivity contribution < 1.29 is 19.5 Å². The molecule has 0 radical (unpaired) electrons. The molecule has 1 heterocycles. The maximum atomic E-state index is 12.6. The van der Waals surface area contributed by atoms with Crippen molar-refractivity contribution in [2.24, 2.45) is 5.92 Å². The van der Waals surface area contributed by atoms with E-state index in [1.807, 2.05) is 31.2 Å². The Morgan fingerprint density at radius 1 is 1.08 bits per heavy atom. The molecule has 1 aliphatic rings. The quantitative estimate of drug-likeness (QED) is 0.878. The van der Waals surface area contributed by atoms with E-state index in [9.17, 15) is 14.4 Å². The molecule has 0 bridgehead atoms. The summed E-state index contributed by atoms with van der Waals surface area (Å²) in [5.41, 5.74) is 2.71. The van der Waals surface area contributed by atoms with Crippen LogP contribution in [-0.2, 0) is 16.0 Å². The van der Waals surface area contributed by atoms with Crippen molar-refractivity contribution in [2.75, 3.05) is 4.90 Å². The molecule has 0 aliphatic carbocycles. The van der Waals surface area contributed by atoms with Gasteiger partial charge >= 0.3 is 5.97 Å². The highest BCUT2D eigenvalue weighted by Crippen LogP contribution is 2.29. The zero-order valence-corrected chi connectivity index (χ0v) is 13.2. The molecular weight excluding hydrogens is 306 g/mol. The van der Waals surface area contributed by atoms with Crippen LogP contribution in [0.4, 0.5) is 5.69 Å². The molecule has 2 amide bonds. The Balaban J connectivity index is 1.78. The first-order valence-electron chi connectivity index (χ1n) is 7.71. The number of carbonyl (C=O) groups is 3. The average molecular weight is 323 g/mol. The van der Waals surface area contributed by atoms with E-state index < -0.39 is 5.97 Å². The van der Waals surface area contributed by atoms with Crippen LogP contribution >= 0.6 is 0 Å². The molecule has 1 saturated heterocycles. The second kappa shape index (κ2) is 6.28. The van der Waals surface area contributed by atoms with Crippen LogP contribution in [-0.4, -0.2) is 22.9 Å². The number of anilines is 1. The van der Waals surface area contributed by atoms with E-state index in [4.69, 9.17) is 5.11 Å². The topological polar surface area (TPSA) is 74.7 Å². The van der Waals surface area contributed by atoms with Gasteiger partial charge in [0.25, 0.3) is 0 Å². The fourth-order valence-corrected chi connectivity index (χ4v) is 2.89. The Bertz CT molecular complexity index is 793. The van der Waals surface area contributed by atoms with E-state index in [0.29, 0.717) is 12.1 Å². The highest BCUT2D eigenvalue weighted by Gasteiger charge is 2.39. The van der Waals surface area contributed by atoms with Gasteiger partial charge in [-0.1, -0.05) is 29.8 Å². The molecule has 2 aromatic rings. The number of carboxylic acids is 1. The molecule has 5 nitrogen and oxygen atoms in total. The maximum absolute atomic E-state index is 12.6. The summed E-state index contributed by atoms with van der Waals surface area (Å²) in [5, 5.41) is 8.92. The lowest BCUT2D eigenvalue weighted by Gasteiger charge is -2.15. The number of amides is 2. The van der Waals surface area contributed by atoms with Crippen LogP contribution in [0.3, 0.4) is 0 Å². The van der Waals surface area contributed by atoms with Gasteiger partial charge < -0.3 is 5.11 Å². The number of benzene rings is 2. The van der Waals surface area contributed by atoms with Crippen LogP contribution in [0.5, 0.6) is 0 Å². The minimum absolute atomic E-state index is 0.119. The summed E-state index contributed by atoms with van der Waals surface area (Å²) in [6.45, 7) is 2.00. The SMILES string of the molecule is Cc1ccc(CC2CC(=O)N(c3ccc(C(=O)O)cc3)C2=O)cc1. The van der Waals surface area contributed by atoms with Crippen LogP contribution in [0.2, 0.25) is 0 Å². The van der Waals surface area contributed by atoms with Crippen molar-refractivity contribution >= 4 is 23.5 Å². The summed E-state index contributed by atoms with van der Waals surface area (Å²) >= 11 is 0. The number of aromatic carboxylic acids is 1. The number of nitrogens with zero attached hydrogens (tertiary/aromatic N) is 1. The van der Waals surface area contributed by atoms with Crippen LogP contribution in [0.15, 0.2) is 48.5 Å². The molecule has 3 rings (SSSR count). The number of hydrogen-bond acceptors (Lipinski definition) is 3. The van der Waals surface area contributed by atoms with Gasteiger partial charge in [-0.15, -0.1) is 0 Å². The zero-order chi connectivity index (χ0) is 17.3. The molecule has 2 aromatic carbocycles. The third-order valence-corrected chi connectivity index (χ3v) is 4.22. The van der Waals surface area contributed by atoms with Crippen molar-refractivity contribution in [1.82, 2.24) is 0 Å². The van der Waals surface area contributed by atoms with Gasteiger partial charge in [0, 0.05) is 6.42 Å². The third-order valence-electron chi connectivity index (χ3n) is 4.22. The van der Waals surface area contributed by atoms with E-state index in [0.717, 1.165) is 16.0 Å². The Hall–Kier alpha value is -2.95. The van der Waals surface area contributed by atoms with Crippen LogP contribution in [0.1, 0.15) is 27.9 Å². The fraction of sp³-hybridized carbons (Fsp3) is 0.211. The lowest BCUT2D eigenvalue weighted by molar-refractivity contribution is -0.122. The summed E-state index contributed by atoms with van der Waals surface area (Å²) in [7, 11) is 0. The maximum Gasteiger partial charge on any atom is 0.335 e. The minimum Gasteiger partial charge on any atom is -0.478 e. The summed E-state index contributed by atoms with van der Waals surface area (Å²) in [5.74, 6) is -1.90. The number of carboxylic acid groups (broad SMARTS) is 1. The first-order valence-corrected chi connectivity index (χ1v) is 7.71. The fourth-order valence-electron chi connectivity index (χ4n) is 2.89. The average Bonchev–Trinajstić information content (AvgIpc) is 2.83. The molecule has 1 N–H and O–H groups in total. The summed E-state index contributed by atoms with van der Waals surface area (Å²) in [6, 6.07) is 13.7. The van der Waals surface area contributed by atoms with Gasteiger partial charge in [0.1, 0.15) is 0 Å². The van der Waals surface area contributed by atoms with Crippen LogP contribution in [0.25, 0.3) is 0 Å². The molecule has 1 fully saturated rings. The first-order chi connectivity index (χ1) is 11.5. The number of hydrogen-bond donors (Lipinski definition) is 1. The standard InChI is InChI=1S/C19H17NO4/c1-12-2-4-13(5-3-12)10-15-11-17(21)20(18(15)22)16-8-6-14(7-9-16)19(23)24/h2-9,15H,10-11H2,1H3,(H,23,24). The molecule has 0 spiro atoms.